The predicted octanol–water partition coefficient (Wildman–Crippen LogP) is 1.51. The number of nitrogens with zero attached hydrogens (tertiary/aromatic N) is 4. The molecule has 0 radical (unpaired) electrons. The van der Waals surface area contributed by atoms with E-state index < -0.39 is 11.8 Å². The van der Waals surface area contributed by atoms with Crippen LogP contribution in [-0.2, 0) is 11.2 Å². The van der Waals surface area contributed by atoms with E-state index in [-0.39, 0.29) is 12.1 Å². The molecule has 0 bridgehead atoms. The van der Waals surface area contributed by atoms with E-state index in [0.717, 1.165) is 4.80 Å². The molecule has 0 unspecified atom stereocenters. The van der Waals surface area contributed by atoms with Crippen molar-refractivity contribution in [3.05, 3.63) is 23.8 Å². The summed E-state index contributed by atoms with van der Waals surface area (Å²) in [6.07, 6.45) is 0.582. The van der Waals surface area contributed by atoms with Crippen molar-refractivity contribution in [2.75, 3.05) is 11.5 Å². The molecule has 2 aromatic rings. The molecule has 1 aromatic heterocycles. The van der Waals surface area contributed by atoms with Gasteiger partial charge in [0, 0.05) is 22.8 Å². The predicted molar refractivity (Wildman–Crippen MR) is 75.9 cm³/mol. The molecule has 112 valence electrons. The molecule has 0 saturated carbocycles. The molecule has 0 atom stereocenters. The maximum absolute atomic E-state index is 14.1. The van der Waals surface area contributed by atoms with Gasteiger partial charge in [-0.05, 0) is 17.3 Å². The number of benzene rings is 1. The van der Waals surface area contributed by atoms with Crippen LogP contribution in [0.25, 0.3) is 5.69 Å². The van der Waals surface area contributed by atoms with Gasteiger partial charge in [-0.1, -0.05) is 6.92 Å². The molecule has 7 nitrogen and oxygen atoms in total. The fourth-order valence-electron chi connectivity index (χ4n) is 1.57. The van der Waals surface area contributed by atoms with Gasteiger partial charge in [0.2, 0.25) is 0 Å². The number of aryl methyl sites for hydroxylation is 1. The lowest BCUT2D eigenvalue weighted by Gasteiger charge is -2.08. The van der Waals surface area contributed by atoms with Crippen molar-refractivity contribution in [3.63, 3.8) is 0 Å². The number of nitrogens with two attached hydrogens (primary N) is 1. The number of aliphatic carboxylic acids is 1. The van der Waals surface area contributed by atoms with Gasteiger partial charge < -0.3 is 10.8 Å². The molecular weight excluding hydrogens is 297 g/mol. The highest BCUT2D eigenvalue weighted by atomic mass is 32.2. The van der Waals surface area contributed by atoms with Crippen LogP contribution < -0.4 is 5.73 Å². The van der Waals surface area contributed by atoms with Crippen molar-refractivity contribution in [1.82, 2.24) is 20.2 Å². The molecule has 0 aliphatic rings. The highest BCUT2D eigenvalue weighted by molar-refractivity contribution is 7.99. The van der Waals surface area contributed by atoms with Crippen LogP contribution in [0.3, 0.4) is 0 Å². The second-order valence-corrected chi connectivity index (χ2v) is 5.32. The molecule has 21 heavy (non-hydrogen) atoms. The van der Waals surface area contributed by atoms with Gasteiger partial charge in [0.25, 0.3) is 0 Å². The zero-order chi connectivity index (χ0) is 15.4. The van der Waals surface area contributed by atoms with Gasteiger partial charge in [0.15, 0.2) is 11.6 Å². The maximum atomic E-state index is 14.1. The molecule has 0 aliphatic carbocycles. The van der Waals surface area contributed by atoms with E-state index in [1.54, 1.807) is 0 Å². The Morgan fingerprint density at radius 2 is 2.29 bits per heavy atom. The highest BCUT2D eigenvalue weighted by Gasteiger charge is 2.13. The third-order valence-electron chi connectivity index (χ3n) is 2.64. The molecule has 1 aromatic carbocycles. The number of rotatable bonds is 6. The Morgan fingerprint density at radius 3 is 2.90 bits per heavy atom. The van der Waals surface area contributed by atoms with Crippen molar-refractivity contribution >= 4 is 23.4 Å². The highest BCUT2D eigenvalue weighted by Crippen LogP contribution is 2.29. The Kier molecular flexibility index (Phi) is 4.73. The Balaban J connectivity index is 2.22. The minimum absolute atomic E-state index is 0.0159. The van der Waals surface area contributed by atoms with E-state index in [1.165, 1.54) is 23.9 Å². The Labute approximate surface area is 124 Å². The molecule has 1 heterocycles. The Morgan fingerprint density at radius 1 is 1.52 bits per heavy atom. The molecule has 0 saturated heterocycles. The molecular formula is C12H14FN5O2S. The molecule has 0 fully saturated rings. The zero-order valence-corrected chi connectivity index (χ0v) is 12.1. The minimum Gasteiger partial charge on any atom is -0.481 e. The molecule has 0 aliphatic heterocycles. The summed E-state index contributed by atoms with van der Waals surface area (Å²) in [6.45, 7) is 1.87. The monoisotopic (exact) mass is 311 g/mol. The number of halogens is 1. The first-order valence-corrected chi connectivity index (χ1v) is 7.22. The summed E-state index contributed by atoms with van der Waals surface area (Å²) in [6, 6.07) is 2.67. The fourth-order valence-corrected chi connectivity index (χ4v) is 2.48. The lowest BCUT2D eigenvalue weighted by Crippen LogP contribution is -2.05. The van der Waals surface area contributed by atoms with Crippen LogP contribution in [0.15, 0.2) is 17.0 Å². The van der Waals surface area contributed by atoms with Crippen molar-refractivity contribution < 1.29 is 14.3 Å². The van der Waals surface area contributed by atoms with Gasteiger partial charge in [-0.15, -0.1) is 26.8 Å². The van der Waals surface area contributed by atoms with E-state index in [2.05, 4.69) is 15.4 Å². The first kappa shape index (κ1) is 15.2. The summed E-state index contributed by atoms with van der Waals surface area (Å²) in [7, 11) is 0. The lowest BCUT2D eigenvalue weighted by molar-refractivity contribution is -0.136. The quantitative estimate of drug-likeness (QED) is 0.615. The van der Waals surface area contributed by atoms with Crippen LogP contribution in [-0.4, -0.2) is 37.0 Å². The number of aromatic nitrogens is 4. The number of thioether (sulfide) groups is 1. The third kappa shape index (κ3) is 3.69. The topological polar surface area (TPSA) is 107 Å². The van der Waals surface area contributed by atoms with Gasteiger partial charge in [-0.3, -0.25) is 4.79 Å². The van der Waals surface area contributed by atoms with Crippen molar-refractivity contribution in [2.24, 2.45) is 0 Å². The van der Waals surface area contributed by atoms with Gasteiger partial charge in [-0.25, -0.2) is 4.39 Å². The van der Waals surface area contributed by atoms with Crippen molar-refractivity contribution in [2.45, 2.75) is 24.7 Å². The molecule has 0 amide bonds. The van der Waals surface area contributed by atoms with E-state index >= 15 is 0 Å². The van der Waals surface area contributed by atoms with Gasteiger partial charge in [0.05, 0.1) is 6.42 Å². The third-order valence-corrected chi connectivity index (χ3v) is 3.71. The summed E-state index contributed by atoms with van der Waals surface area (Å²) in [5.74, 6) is -0.619. The molecule has 3 N–H and O–H groups in total. The number of hydrogen-bond acceptors (Lipinski definition) is 6. The van der Waals surface area contributed by atoms with E-state index in [0.29, 0.717) is 28.6 Å². The van der Waals surface area contributed by atoms with Crippen molar-refractivity contribution in [3.8, 4) is 5.69 Å². The van der Waals surface area contributed by atoms with Gasteiger partial charge in [-0.2, -0.15) is 0 Å². The zero-order valence-electron chi connectivity index (χ0n) is 11.3. The van der Waals surface area contributed by atoms with Crippen LogP contribution in [0.5, 0.6) is 0 Å². The smallest absolute Gasteiger partial charge is 0.304 e. The summed E-state index contributed by atoms with van der Waals surface area (Å²) in [5.41, 5.74) is 6.32. The largest absolute Gasteiger partial charge is 0.481 e. The number of nitrogen functional groups attached to an aromatic ring is 1. The second-order valence-electron chi connectivity index (χ2n) is 4.18. The molecule has 2 rings (SSSR count). The maximum Gasteiger partial charge on any atom is 0.304 e. The van der Waals surface area contributed by atoms with Crippen LogP contribution in [0, 0.1) is 5.82 Å². The summed E-state index contributed by atoms with van der Waals surface area (Å²) >= 11 is 1.19. The first-order valence-electron chi connectivity index (χ1n) is 6.24. The van der Waals surface area contributed by atoms with E-state index in [4.69, 9.17) is 10.8 Å². The number of carbonyl (C=O) groups is 1. The van der Waals surface area contributed by atoms with Gasteiger partial charge in [0.1, 0.15) is 5.69 Å². The number of anilines is 1. The fraction of sp³-hybridized carbons (Fsp3) is 0.333. The summed E-state index contributed by atoms with van der Waals surface area (Å²) < 4.78 is 14.1. The van der Waals surface area contributed by atoms with Crippen LogP contribution >= 0.6 is 11.8 Å². The number of tetrazole rings is 1. The lowest BCUT2D eigenvalue weighted by atomic mass is 10.3. The summed E-state index contributed by atoms with van der Waals surface area (Å²) in [5, 5.41) is 20.2. The Bertz CT molecular complexity index is 661. The molecule has 9 heteroatoms. The minimum atomic E-state index is -0.905. The summed E-state index contributed by atoms with van der Waals surface area (Å²) in [4.78, 5) is 12.1. The average molecular weight is 311 g/mol. The van der Waals surface area contributed by atoms with Crippen LogP contribution in [0.2, 0.25) is 0 Å². The second kappa shape index (κ2) is 6.53. The molecule has 0 spiro atoms. The Hall–Kier alpha value is -2.16. The number of carboxylic acids is 1. The van der Waals surface area contributed by atoms with Crippen molar-refractivity contribution in [1.29, 1.82) is 0 Å². The van der Waals surface area contributed by atoms with Crippen LogP contribution in [0.4, 0.5) is 10.1 Å². The standard InChI is InChI=1S/C12H14FN5O2S/c1-2-11-15-17-18(16-11)9-6-8(14)10(5-7(9)13)21-4-3-12(19)20/h5-6H,2-4,14H2,1H3,(H,19,20). The first-order chi connectivity index (χ1) is 10.0. The van der Waals surface area contributed by atoms with Gasteiger partial charge >= 0.3 is 5.97 Å². The SMILES string of the molecule is CCc1nnn(-c2cc(N)c(SCCC(=O)O)cc2F)n1. The van der Waals surface area contributed by atoms with Crippen LogP contribution in [0.1, 0.15) is 19.2 Å². The normalized spacial score (nSPS) is 10.8. The van der Waals surface area contributed by atoms with E-state index in [9.17, 15) is 9.18 Å². The van der Waals surface area contributed by atoms with E-state index in [1.807, 2.05) is 6.92 Å². The average Bonchev–Trinajstić information content (AvgIpc) is 2.90. The number of hydrogen-bond donors (Lipinski definition) is 2. The number of carboxylic acid groups (broad SMARTS) is 1.